The molecule has 0 bridgehead atoms. The number of thiazole rings is 1. The van der Waals surface area contributed by atoms with Gasteiger partial charge in [0.05, 0.1) is 10.2 Å². The highest BCUT2D eigenvalue weighted by Gasteiger charge is 2.12. The molecule has 28 heavy (non-hydrogen) atoms. The number of aromatic nitrogens is 5. The van der Waals surface area contributed by atoms with Crippen molar-refractivity contribution < 1.29 is 4.74 Å². The number of rotatable bonds is 4. The van der Waals surface area contributed by atoms with Crippen molar-refractivity contribution in [1.29, 1.82) is 0 Å². The van der Waals surface area contributed by atoms with E-state index in [9.17, 15) is 0 Å². The number of nitrogens with two attached hydrogens (primary N) is 2. The first kappa shape index (κ1) is 16.8. The van der Waals surface area contributed by atoms with Crippen LogP contribution in [0.1, 0.15) is 0 Å². The lowest BCUT2D eigenvalue weighted by Gasteiger charge is -2.06. The van der Waals surface area contributed by atoms with Gasteiger partial charge in [-0.3, -0.25) is 0 Å². The molecule has 5 rings (SSSR count). The maximum atomic E-state index is 5.81. The first-order valence-electron chi connectivity index (χ1n) is 8.24. The van der Waals surface area contributed by atoms with Crippen LogP contribution in [0.3, 0.4) is 0 Å². The van der Waals surface area contributed by atoms with E-state index in [1.807, 2.05) is 30.3 Å². The first-order chi connectivity index (χ1) is 13.6. The summed E-state index contributed by atoms with van der Waals surface area (Å²) in [6.45, 7) is 0. The van der Waals surface area contributed by atoms with Crippen LogP contribution in [0.25, 0.3) is 15.9 Å². The number of benzene rings is 2. The number of anilines is 2. The zero-order valence-corrected chi connectivity index (χ0v) is 15.9. The molecule has 4 N–H and O–H groups in total. The minimum absolute atomic E-state index is 0.422. The van der Waals surface area contributed by atoms with Gasteiger partial charge >= 0.3 is 0 Å². The quantitative estimate of drug-likeness (QED) is 0.432. The molecule has 0 unspecified atom stereocenters. The van der Waals surface area contributed by atoms with E-state index in [1.54, 1.807) is 28.8 Å². The molecule has 138 valence electrons. The highest BCUT2D eigenvalue weighted by atomic mass is 32.2. The Labute approximate surface area is 167 Å². The highest BCUT2D eigenvalue weighted by molar-refractivity contribution is 7.99. The van der Waals surface area contributed by atoms with Crippen molar-refractivity contribution in [1.82, 2.24) is 24.8 Å². The SMILES string of the molecule is Nc1cccc(Oc2ccc3nnc(Sc4ccc5nc(N)sc5c4)n3n2)c1. The smallest absolute Gasteiger partial charge is 0.237 e. The van der Waals surface area contributed by atoms with E-state index in [0.717, 1.165) is 15.1 Å². The lowest BCUT2D eigenvalue weighted by atomic mass is 10.3. The predicted molar refractivity (Wildman–Crippen MR) is 110 cm³/mol. The van der Waals surface area contributed by atoms with Crippen molar-refractivity contribution in [2.24, 2.45) is 0 Å². The molecule has 5 aromatic rings. The summed E-state index contributed by atoms with van der Waals surface area (Å²) in [7, 11) is 0. The number of nitrogen functional groups attached to an aromatic ring is 2. The topological polar surface area (TPSA) is 117 Å². The average molecular weight is 407 g/mol. The maximum Gasteiger partial charge on any atom is 0.237 e. The van der Waals surface area contributed by atoms with Crippen LogP contribution in [0.5, 0.6) is 11.6 Å². The van der Waals surface area contributed by atoms with E-state index in [1.165, 1.54) is 23.1 Å². The molecule has 0 aliphatic rings. The Kier molecular flexibility index (Phi) is 3.99. The summed E-state index contributed by atoms with van der Waals surface area (Å²) in [4.78, 5) is 5.27. The van der Waals surface area contributed by atoms with E-state index in [2.05, 4.69) is 20.3 Å². The molecule has 0 aliphatic carbocycles. The third-order valence-electron chi connectivity index (χ3n) is 3.88. The summed E-state index contributed by atoms with van der Waals surface area (Å²) >= 11 is 2.91. The molecule has 0 radical (unpaired) electrons. The fourth-order valence-electron chi connectivity index (χ4n) is 2.66. The van der Waals surface area contributed by atoms with Gasteiger partial charge in [0, 0.05) is 22.7 Å². The molecule has 3 aromatic heterocycles. The summed E-state index contributed by atoms with van der Waals surface area (Å²) < 4.78 is 8.48. The molecule has 0 fully saturated rings. The van der Waals surface area contributed by atoms with Gasteiger partial charge < -0.3 is 16.2 Å². The largest absolute Gasteiger partial charge is 0.438 e. The molecule has 0 aliphatic heterocycles. The lowest BCUT2D eigenvalue weighted by molar-refractivity contribution is 0.450. The second-order valence-corrected chi connectivity index (χ2v) is 7.99. The summed E-state index contributed by atoms with van der Waals surface area (Å²) in [6, 6.07) is 16.7. The second-order valence-electron chi connectivity index (χ2n) is 5.88. The van der Waals surface area contributed by atoms with E-state index in [-0.39, 0.29) is 0 Å². The standard InChI is InChI=1S/C18H13N7OS2/c19-10-2-1-3-11(8-10)26-16-7-6-15-22-23-18(25(15)24-16)27-12-4-5-13-14(9-12)28-17(20)21-13/h1-9H,19H2,(H2,20,21). The zero-order chi connectivity index (χ0) is 19.1. The van der Waals surface area contributed by atoms with Crippen LogP contribution in [0.4, 0.5) is 10.8 Å². The molecular weight excluding hydrogens is 394 g/mol. The minimum atomic E-state index is 0.422. The normalized spacial score (nSPS) is 11.3. The third kappa shape index (κ3) is 3.19. The average Bonchev–Trinajstić information content (AvgIpc) is 3.24. The van der Waals surface area contributed by atoms with Crippen LogP contribution < -0.4 is 16.2 Å². The summed E-state index contributed by atoms with van der Waals surface area (Å²) in [5.74, 6) is 1.03. The Morgan fingerprint density at radius 3 is 2.82 bits per heavy atom. The predicted octanol–water partition coefficient (Wildman–Crippen LogP) is 3.84. The number of fused-ring (bicyclic) bond motifs is 2. The zero-order valence-electron chi connectivity index (χ0n) is 14.3. The molecule has 0 saturated heterocycles. The first-order valence-corrected chi connectivity index (χ1v) is 9.87. The van der Waals surface area contributed by atoms with Crippen molar-refractivity contribution in [3.05, 3.63) is 54.6 Å². The minimum Gasteiger partial charge on any atom is -0.438 e. The van der Waals surface area contributed by atoms with Gasteiger partial charge in [0.2, 0.25) is 11.0 Å². The van der Waals surface area contributed by atoms with Crippen LogP contribution in [-0.2, 0) is 0 Å². The summed E-state index contributed by atoms with van der Waals surface area (Å²) in [5.41, 5.74) is 13.7. The van der Waals surface area contributed by atoms with Crippen LogP contribution in [0.15, 0.2) is 64.6 Å². The number of ether oxygens (including phenoxy) is 1. The van der Waals surface area contributed by atoms with Gasteiger partial charge in [-0.2, -0.15) is 4.52 Å². The van der Waals surface area contributed by atoms with Gasteiger partial charge in [0.1, 0.15) is 5.75 Å². The van der Waals surface area contributed by atoms with Crippen LogP contribution in [0, 0.1) is 0 Å². The molecule has 10 heteroatoms. The van der Waals surface area contributed by atoms with Gasteiger partial charge in [-0.25, -0.2) is 4.98 Å². The molecule has 3 heterocycles. The molecule has 0 atom stereocenters. The third-order valence-corrected chi connectivity index (χ3v) is 5.65. The van der Waals surface area contributed by atoms with Crippen molar-refractivity contribution in [2.75, 3.05) is 11.5 Å². The molecule has 8 nitrogen and oxygen atoms in total. The van der Waals surface area contributed by atoms with Crippen molar-refractivity contribution >= 4 is 49.8 Å². The second kappa shape index (κ2) is 6.66. The van der Waals surface area contributed by atoms with Gasteiger partial charge in [0.25, 0.3) is 0 Å². The molecule has 0 spiro atoms. The van der Waals surface area contributed by atoms with Crippen molar-refractivity contribution in [3.8, 4) is 11.6 Å². The number of hydrogen-bond acceptors (Lipinski definition) is 9. The van der Waals surface area contributed by atoms with E-state index >= 15 is 0 Å². The Morgan fingerprint density at radius 2 is 1.93 bits per heavy atom. The monoisotopic (exact) mass is 407 g/mol. The van der Waals surface area contributed by atoms with Gasteiger partial charge in [-0.15, -0.1) is 15.3 Å². The van der Waals surface area contributed by atoms with E-state index < -0.39 is 0 Å². The van der Waals surface area contributed by atoms with Gasteiger partial charge in [-0.05, 0) is 48.2 Å². The fourth-order valence-corrected chi connectivity index (χ4v) is 4.34. The van der Waals surface area contributed by atoms with Crippen LogP contribution >= 0.6 is 23.1 Å². The fraction of sp³-hybridized carbons (Fsp3) is 0. The Hall–Kier alpha value is -3.37. The number of hydrogen-bond donors (Lipinski definition) is 2. The van der Waals surface area contributed by atoms with Crippen LogP contribution in [0.2, 0.25) is 0 Å². The van der Waals surface area contributed by atoms with Gasteiger partial charge in [0.15, 0.2) is 10.8 Å². The van der Waals surface area contributed by atoms with E-state index in [4.69, 9.17) is 16.2 Å². The molecular formula is C18H13N7OS2. The maximum absolute atomic E-state index is 5.81. The highest BCUT2D eigenvalue weighted by Crippen LogP contribution is 2.32. The Bertz CT molecular complexity index is 1310. The van der Waals surface area contributed by atoms with Gasteiger partial charge in [-0.1, -0.05) is 17.4 Å². The lowest BCUT2D eigenvalue weighted by Crippen LogP contribution is -1.97. The molecule has 0 saturated carbocycles. The summed E-state index contributed by atoms with van der Waals surface area (Å²) in [5, 5.41) is 14.1. The molecule has 2 aromatic carbocycles. The van der Waals surface area contributed by atoms with E-state index in [0.29, 0.717) is 33.3 Å². The Morgan fingerprint density at radius 1 is 1.00 bits per heavy atom. The van der Waals surface area contributed by atoms with Crippen LogP contribution in [-0.4, -0.2) is 24.8 Å². The number of nitrogens with zero attached hydrogens (tertiary/aromatic N) is 5. The van der Waals surface area contributed by atoms with Crippen molar-refractivity contribution in [2.45, 2.75) is 10.1 Å². The molecule has 0 amide bonds. The summed E-state index contributed by atoms with van der Waals surface area (Å²) in [6.07, 6.45) is 0. The Balaban J connectivity index is 1.47. The van der Waals surface area contributed by atoms with Crippen molar-refractivity contribution in [3.63, 3.8) is 0 Å².